The van der Waals surface area contributed by atoms with E-state index in [1.807, 2.05) is 0 Å². The molecule has 0 atom stereocenters. The second-order valence-electron chi connectivity index (χ2n) is 3.71. The van der Waals surface area contributed by atoms with E-state index in [2.05, 4.69) is 31.2 Å². The molecule has 0 radical (unpaired) electrons. The molecule has 0 saturated carbocycles. The molecule has 0 aliphatic carbocycles. The smallest absolute Gasteiger partial charge is 0.338 e. The van der Waals surface area contributed by atoms with Gasteiger partial charge in [0.05, 0.1) is 22.6 Å². The number of halogens is 5. The Morgan fingerprint density at radius 3 is 2.65 bits per heavy atom. The van der Waals surface area contributed by atoms with Crippen LogP contribution in [0.25, 0.3) is 0 Å². The van der Waals surface area contributed by atoms with Crippen molar-refractivity contribution in [3.05, 3.63) is 49.9 Å². The van der Waals surface area contributed by atoms with E-state index < -0.39 is 17.3 Å². The summed E-state index contributed by atoms with van der Waals surface area (Å²) >= 11 is 8.80. The second-order valence-corrected chi connectivity index (χ2v) is 4.91. The zero-order valence-electron chi connectivity index (χ0n) is 9.55. The Morgan fingerprint density at radius 2 is 2.05 bits per heavy atom. The maximum absolute atomic E-state index is 12.5. The molecule has 2 rings (SSSR count). The van der Waals surface area contributed by atoms with Crippen LogP contribution in [0.1, 0.15) is 5.56 Å². The van der Waals surface area contributed by atoms with Crippen molar-refractivity contribution in [2.45, 2.75) is 6.18 Å². The summed E-state index contributed by atoms with van der Waals surface area (Å²) in [6.45, 7) is 0. The molecule has 4 nitrogen and oxygen atoms in total. The molecule has 106 valence electrons. The first-order valence-electron chi connectivity index (χ1n) is 5.16. The Kier molecular flexibility index (Phi) is 4.05. The molecule has 0 saturated heterocycles. The summed E-state index contributed by atoms with van der Waals surface area (Å²) in [7, 11) is 0. The maximum Gasteiger partial charge on any atom is 0.416 e. The van der Waals surface area contributed by atoms with Gasteiger partial charge in [-0.1, -0.05) is 11.6 Å². The fourth-order valence-corrected chi connectivity index (χ4v) is 1.93. The van der Waals surface area contributed by atoms with Crippen LogP contribution in [0.2, 0.25) is 5.02 Å². The molecule has 0 aliphatic rings. The monoisotopic (exact) mass is 367 g/mol. The largest absolute Gasteiger partial charge is 0.416 e. The number of aromatic amines is 1. The SMILES string of the molecule is O=c1[nH]cnc(Nc2ccc(C(F)(F)F)cc2Cl)c1Br. The molecule has 20 heavy (non-hydrogen) atoms. The van der Waals surface area contributed by atoms with Gasteiger partial charge in [-0.25, -0.2) is 4.98 Å². The third-order valence-electron chi connectivity index (χ3n) is 2.35. The van der Waals surface area contributed by atoms with E-state index in [1.54, 1.807) is 0 Å². The zero-order valence-corrected chi connectivity index (χ0v) is 11.9. The first kappa shape index (κ1) is 14.9. The van der Waals surface area contributed by atoms with Gasteiger partial charge < -0.3 is 10.3 Å². The normalized spacial score (nSPS) is 11.4. The lowest BCUT2D eigenvalue weighted by Crippen LogP contribution is -2.10. The average Bonchev–Trinajstić information content (AvgIpc) is 2.36. The Labute approximate surface area is 124 Å². The highest BCUT2D eigenvalue weighted by Gasteiger charge is 2.30. The van der Waals surface area contributed by atoms with E-state index in [1.165, 1.54) is 6.07 Å². The van der Waals surface area contributed by atoms with Gasteiger partial charge in [0.15, 0.2) is 5.82 Å². The molecular formula is C11H6BrClF3N3O. The summed E-state index contributed by atoms with van der Waals surface area (Å²) in [4.78, 5) is 17.5. The molecular weight excluding hydrogens is 362 g/mol. The molecule has 1 aromatic heterocycles. The Balaban J connectivity index is 2.36. The minimum Gasteiger partial charge on any atom is -0.338 e. The molecule has 1 heterocycles. The van der Waals surface area contributed by atoms with Gasteiger partial charge in [0.1, 0.15) is 4.47 Å². The van der Waals surface area contributed by atoms with Crippen LogP contribution < -0.4 is 10.9 Å². The van der Waals surface area contributed by atoms with Crippen LogP contribution in [0.4, 0.5) is 24.7 Å². The number of hydrogen-bond donors (Lipinski definition) is 2. The first-order valence-corrected chi connectivity index (χ1v) is 6.33. The zero-order chi connectivity index (χ0) is 14.9. The van der Waals surface area contributed by atoms with E-state index in [0.29, 0.717) is 0 Å². The van der Waals surface area contributed by atoms with Gasteiger partial charge in [-0.3, -0.25) is 4.79 Å². The Hall–Kier alpha value is -1.54. The van der Waals surface area contributed by atoms with Crippen LogP contribution in [0, 0.1) is 0 Å². The molecule has 0 spiro atoms. The van der Waals surface area contributed by atoms with Gasteiger partial charge in [-0.15, -0.1) is 0 Å². The quantitative estimate of drug-likeness (QED) is 0.844. The average molecular weight is 369 g/mol. The minimum absolute atomic E-state index is 0.121. The number of alkyl halides is 3. The molecule has 0 amide bonds. The van der Waals surface area contributed by atoms with Gasteiger partial charge >= 0.3 is 6.18 Å². The first-order chi connectivity index (χ1) is 9.29. The van der Waals surface area contributed by atoms with Crippen LogP contribution in [0.5, 0.6) is 0 Å². The molecule has 9 heteroatoms. The Morgan fingerprint density at radius 1 is 1.35 bits per heavy atom. The van der Waals surface area contributed by atoms with Crippen molar-refractivity contribution < 1.29 is 13.2 Å². The summed E-state index contributed by atoms with van der Waals surface area (Å²) in [5, 5.41) is 2.55. The van der Waals surface area contributed by atoms with Crippen molar-refractivity contribution in [3.63, 3.8) is 0 Å². The van der Waals surface area contributed by atoms with Crippen LogP contribution in [-0.4, -0.2) is 9.97 Å². The molecule has 2 N–H and O–H groups in total. The van der Waals surface area contributed by atoms with Crippen LogP contribution in [0.3, 0.4) is 0 Å². The molecule has 2 aromatic rings. The fourth-order valence-electron chi connectivity index (χ4n) is 1.39. The van der Waals surface area contributed by atoms with E-state index in [9.17, 15) is 18.0 Å². The minimum atomic E-state index is -4.47. The molecule has 0 unspecified atom stereocenters. The van der Waals surface area contributed by atoms with Gasteiger partial charge in [-0.2, -0.15) is 13.2 Å². The van der Waals surface area contributed by atoms with Crippen molar-refractivity contribution in [3.8, 4) is 0 Å². The number of hydrogen-bond acceptors (Lipinski definition) is 3. The van der Waals surface area contributed by atoms with Crippen LogP contribution in [-0.2, 0) is 6.18 Å². The highest BCUT2D eigenvalue weighted by atomic mass is 79.9. The number of H-pyrrole nitrogens is 1. The van der Waals surface area contributed by atoms with Crippen molar-refractivity contribution in [2.24, 2.45) is 0 Å². The number of nitrogens with one attached hydrogen (secondary N) is 2. The second kappa shape index (κ2) is 5.45. The third kappa shape index (κ3) is 3.13. The van der Waals surface area contributed by atoms with Crippen LogP contribution >= 0.6 is 27.5 Å². The number of aromatic nitrogens is 2. The predicted octanol–water partition coefficient (Wildman–Crippen LogP) is 3.95. The van der Waals surface area contributed by atoms with E-state index in [4.69, 9.17) is 11.6 Å². The fraction of sp³-hybridized carbons (Fsp3) is 0.0909. The van der Waals surface area contributed by atoms with Crippen molar-refractivity contribution in [1.29, 1.82) is 0 Å². The Bertz CT molecular complexity index is 702. The molecule has 0 fully saturated rings. The lowest BCUT2D eigenvalue weighted by atomic mass is 10.2. The van der Waals surface area contributed by atoms with E-state index >= 15 is 0 Å². The topological polar surface area (TPSA) is 57.8 Å². The lowest BCUT2D eigenvalue weighted by Gasteiger charge is -2.11. The number of rotatable bonds is 2. The highest BCUT2D eigenvalue weighted by Crippen LogP contribution is 2.34. The number of benzene rings is 1. The van der Waals surface area contributed by atoms with Crippen molar-refractivity contribution in [2.75, 3.05) is 5.32 Å². The highest BCUT2D eigenvalue weighted by molar-refractivity contribution is 9.10. The summed E-state index contributed by atoms with van der Waals surface area (Å²) in [6, 6.07) is 2.85. The summed E-state index contributed by atoms with van der Waals surface area (Å²) < 4.78 is 37.6. The van der Waals surface area contributed by atoms with E-state index in [0.717, 1.165) is 18.5 Å². The van der Waals surface area contributed by atoms with Crippen LogP contribution in [0.15, 0.2) is 33.8 Å². The van der Waals surface area contributed by atoms with Gasteiger partial charge in [-0.05, 0) is 34.1 Å². The summed E-state index contributed by atoms with van der Waals surface area (Å²) in [5.74, 6) is 0.149. The maximum atomic E-state index is 12.5. The third-order valence-corrected chi connectivity index (χ3v) is 3.39. The number of nitrogens with zero attached hydrogens (tertiary/aromatic N) is 1. The van der Waals surface area contributed by atoms with Crippen molar-refractivity contribution >= 4 is 39.0 Å². The molecule has 0 bridgehead atoms. The van der Waals surface area contributed by atoms with E-state index in [-0.39, 0.29) is 21.0 Å². The summed E-state index contributed by atoms with van der Waals surface area (Å²) in [6.07, 6.45) is -3.31. The summed E-state index contributed by atoms with van der Waals surface area (Å²) in [5.41, 5.74) is -1.07. The number of anilines is 2. The predicted molar refractivity (Wildman–Crippen MR) is 72.3 cm³/mol. The van der Waals surface area contributed by atoms with Gasteiger partial charge in [0.2, 0.25) is 0 Å². The lowest BCUT2D eigenvalue weighted by molar-refractivity contribution is -0.137. The van der Waals surface area contributed by atoms with Crippen molar-refractivity contribution in [1.82, 2.24) is 9.97 Å². The van der Waals surface area contributed by atoms with Gasteiger partial charge in [0.25, 0.3) is 5.56 Å². The van der Waals surface area contributed by atoms with Gasteiger partial charge in [0, 0.05) is 0 Å². The standard InChI is InChI=1S/C11H6BrClF3N3O/c12-8-9(17-4-18-10(8)20)19-7-2-1-5(3-6(7)13)11(14,15)16/h1-4H,(H2,17,18,19,20). The molecule has 0 aliphatic heterocycles. The molecule has 1 aromatic carbocycles.